The van der Waals surface area contributed by atoms with E-state index in [0.717, 1.165) is 6.42 Å². The molecule has 0 saturated carbocycles. The quantitative estimate of drug-likeness (QED) is 0.865. The van der Waals surface area contributed by atoms with E-state index >= 15 is 0 Å². The van der Waals surface area contributed by atoms with Gasteiger partial charge in [0.1, 0.15) is 5.75 Å². The van der Waals surface area contributed by atoms with Crippen molar-refractivity contribution in [3.8, 4) is 17.2 Å². The molecule has 2 rings (SSSR count). The largest absolute Gasteiger partial charge is 0.495 e. The molecule has 0 radical (unpaired) electrons. The molecule has 0 aromatic heterocycles. The number of aliphatic hydroxyl groups excluding tert-OH is 1. The summed E-state index contributed by atoms with van der Waals surface area (Å²) >= 11 is 6.03. The molecule has 0 bridgehead atoms. The molecule has 0 unspecified atom stereocenters. The Hall–Kier alpha value is -1.13. The topological polar surface area (TPSA) is 47.9 Å². The maximum Gasteiger partial charge on any atom is 0.170 e. The first-order chi connectivity index (χ1) is 7.77. The summed E-state index contributed by atoms with van der Waals surface area (Å²) in [6.07, 6.45) is 0.805. The zero-order valence-electron chi connectivity index (χ0n) is 8.96. The molecule has 4 nitrogen and oxygen atoms in total. The second-order valence-corrected chi connectivity index (χ2v) is 3.81. The summed E-state index contributed by atoms with van der Waals surface area (Å²) in [6, 6.07) is 1.65. The third kappa shape index (κ3) is 1.90. The molecule has 0 aliphatic carbocycles. The van der Waals surface area contributed by atoms with Crippen LogP contribution < -0.4 is 14.2 Å². The minimum atomic E-state index is -0.199. The highest BCUT2D eigenvalue weighted by molar-refractivity contribution is 6.32. The van der Waals surface area contributed by atoms with Crippen molar-refractivity contribution in [3.05, 3.63) is 16.7 Å². The molecule has 1 N–H and O–H groups in total. The smallest absolute Gasteiger partial charge is 0.170 e. The standard InChI is InChI=1S/C11H13ClO4/c1-14-10-7(6-13)11-9(5-8(10)12)15-3-2-4-16-11/h5,13H,2-4,6H2,1H3. The molecule has 16 heavy (non-hydrogen) atoms. The van der Waals surface area contributed by atoms with Gasteiger partial charge in [0.2, 0.25) is 0 Å². The van der Waals surface area contributed by atoms with Crippen LogP contribution in [0.2, 0.25) is 5.02 Å². The third-order valence-corrected chi connectivity index (χ3v) is 2.68. The highest BCUT2D eigenvalue weighted by Gasteiger charge is 2.21. The molecule has 88 valence electrons. The Morgan fingerprint density at radius 2 is 2.19 bits per heavy atom. The number of ether oxygens (including phenoxy) is 3. The van der Waals surface area contributed by atoms with Gasteiger partial charge in [0, 0.05) is 12.5 Å². The van der Waals surface area contributed by atoms with Crippen LogP contribution in [0.25, 0.3) is 0 Å². The normalized spacial score (nSPS) is 14.4. The predicted octanol–water partition coefficient (Wildman–Crippen LogP) is 2.00. The number of rotatable bonds is 2. The molecule has 0 saturated heterocycles. The van der Waals surface area contributed by atoms with E-state index in [2.05, 4.69) is 0 Å². The first-order valence-corrected chi connectivity index (χ1v) is 5.41. The maximum absolute atomic E-state index is 9.35. The maximum atomic E-state index is 9.35. The van der Waals surface area contributed by atoms with Gasteiger partial charge in [-0.3, -0.25) is 0 Å². The fourth-order valence-electron chi connectivity index (χ4n) is 1.69. The second kappa shape index (κ2) is 4.80. The van der Waals surface area contributed by atoms with Crippen LogP contribution in [0, 0.1) is 0 Å². The van der Waals surface area contributed by atoms with Crippen LogP contribution in [0.5, 0.6) is 17.2 Å². The zero-order chi connectivity index (χ0) is 11.5. The summed E-state index contributed by atoms with van der Waals surface area (Å²) in [5.74, 6) is 1.53. The van der Waals surface area contributed by atoms with Crippen LogP contribution in [0.15, 0.2) is 6.07 Å². The zero-order valence-corrected chi connectivity index (χ0v) is 9.71. The van der Waals surface area contributed by atoms with E-state index in [1.54, 1.807) is 6.07 Å². The van der Waals surface area contributed by atoms with E-state index < -0.39 is 0 Å². The summed E-state index contributed by atoms with van der Waals surface area (Å²) in [4.78, 5) is 0. The Kier molecular flexibility index (Phi) is 3.41. The summed E-state index contributed by atoms with van der Waals surface area (Å²) in [7, 11) is 1.50. The Morgan fingerprint density at radius 1 is 1.44 bits per heavy atom. The van der Waals surface area contributed by atoms with Gasteiger partial charge in [0.05, 0.1) is 37.5 Å². The number of methoxy groups -OCH3 is 1. The van der Waals surface area contributed by atoms with Gasteiger partial charge >= 0.3 is 0 Å². The molecule has 5 heteroatoms. The highest BCUT2D eigenvalue weighted by atomic mass is 35.5. The Morgan fingerprint density at radius 3 is 2.88 bits per heavy atom. The van der Waals surface area contributed by atoms with Crippen LogP contribution in [0.1, 0.15) is 12.0 Å². The number of hydrogen-bond acceptors (Lipinski definition) is 4. The van der Waals surface area contributed by atoms with Gasteiger partial charge in [-0.1, -0.05) is 11.6 Å². The van der Waals surface area contributed by atoms with Gasteiger partial charge in [0.25, 0.3) is 0 Å². The van der Waals surface area contributed by atoms with Crippen molar-refractivity contribution in [2.24, 2.45) is 0 Å². The lowest BCUT2D eigenvalue weighted by Gasteiger charge is -2.15. The molecule has 1 heterocycles. The van der Waals surface area contributed by atoms with Crippen molar-refractivity contribution < 1.29 is 19.3 Å². The van der Waals surface area contributed by atoms with Crippen LogP contribution in [-0.2, 0) is 6.61 Å². The van der Waals surface area contributed by atoms with Crippen LogP contribution in [0.4, 0.5) is 0 Å². The van der Waals surface area contributed by atoms with E-state index in [1.807, 2.05) is 0 Å². The average molecular weight is 245 g/mol. The molecule has 0 spiro atoms. The van der Waals surface area contributed by atoms with E-state index in [-0.39, 0.29) is 6.61 Å². The second-order valence-electron chi connectivity index (χ2n) is 3.41. The lowest BCUT2D eigenvalue weighted by atomic mass is 10.1. The van der Waals surface area contributed by atoms with Crippen molar-refractivity contribution in [3.63, 3.8) is 0 Å². The fraction of sp³-hybridized carbons (Fsp3) is 0.455. The lowest BCUT2D eigenvalue weighted by Crippen LogP contribution is -2.01. The molecule has 1 aromatic carbocycles. The number of halogens is 1. The lowest BCUT2D eigenvalue weighted by molar-refractivity contribution is 0.256. The van der Waals surface area contributed by atoms with Crippen molar-refractivity contribution >= 4 is 11.6 Å². The van der Waals surface area contributed by atoms with Crippen LogP contribution in [0.3, 0.4) is 0 Å². The average Bonchev–Trinajstić information content (AvgIpc) is 2.52. The van der Waals surface area contributed by atoms with E-state index in [1.165, 1.54) is 7.11 Å². The minimum absolute atomic E-state index is 0.199. The first-order valence-electron chi connectivity index (χ1n) is 5.03. The monoisotopic (exact) mass is 244 g/mol. The van der Waals surface area contributed by atoms with Crippen molar-refractivity contribution in [2.45, 2.75) is 13.0 Å². The van der Waals surface area contributed by atoms with Gasteiger partial charge in [-0.25, -0.2) is 0 Å². The van der Waals surface area contributed by atoms with Gasteiger partial charge < -0.3 is 19.3 Å². The Bertz CT molecular complexity index is 392. The Labute approximate surface area is 98.7 Å². The minimum Gasteiger partial charge on any atom is -0.495 e. The van der Waals surface area contributed by atoms with Crippen molar-refractivity contribution in [1.29, 1.82) is 0 Å². The number of fused-ring (bicyclic) bond motifs is 1. The summed E-state index contributed by atoms with van der Waals surface area (Å²) in [6.45, 7) is 0.945. The molecule has 0 atom stereocenters. The third-order valence-electron chi connectivity index (χ3n) is 2.40. The van der Waals surface area contributed by atoms with E-state index in [4.69, 9.17) is 25.8 Å². The number of hydrogen-bond donors (Lipinski definition) is 1. The van der Waals surface area contributed by atoms with Gasteiger partial charge in [-0.15, -0.1) is 0 Å². The Balaban J connectivity index is 2.56. The van der Waals surface area contributed by atoms with Crippen LogP contribution in [-0.4, -0.2) is 25.4 Å². The van der Waals surface area contributed by atoms with Gasteiger partial charge in [0.15, 0.2) is 11.5 Å². The number of benzene rings is 1. The van der Waals surface area contributed by atoms with Crippen LogP contribution >= 0.6 is 11.6 Å². The summed E-state index contributed by atoms with van der Waals surface area (Å²) in [5.41, 5.74) is 0.534. The molecular formula is C11H13ClO4. The SMILES string of the molecule is COc1c(Cl)cc2c(c1CO)OCCCO2. The predicted molar refractivity (Wildman–Crippen MR) is 59.5 cm³/mol. The molecule has 0 fully saturated rings. The molecule has 1 aliphatic heterocycles. The van der Waals surface area contributed by atoms with Crippen molar-refractivity contribution in [1.82, 2.24) is 0 Å². The van der Waals surface area contributed by atoms with Crippen molar-refractivity contribution in [2.75, 3.05) is 20.3 Å². The fourth-order valence-corrected chi connectivity index (χ4v) is 1.98. The van der Waals surface area contributed by atoms with E-state index in [9.17, 15) is 5.11 Å². The van der Waals surface area contributed by atoms with Gasteiger partial charge in [-0.05, 0) is 0 Å². The summed E-state index contributed by atoms with van der Waals surface area (Å²) in [5, 5.41) is 9.76. The highest BCUT2D eigenvalue weighted by Crippen LogP contribution is 2.43. The first kappa shape index (κ1) is 11.4. The molecule has 1 aromatic rings. The molecule has 1 aliphatic rings. The molecule has 0 amide bonds. The number of aliphatic hydroxyl groups is 1. The summed E-state index contributed by atoms with van der Waals surface area (Å²) < 4.78 is 16.2. The molecular weight excluding hydrogens is 232 g/mol. The van der Waals surface area contributed by atoms with E-state index in [0.29, 0.717) is 41.0 Å². The van der Waals surface area contributed by atoms with Gasteiger partial charge in [-0.2, -0.15) is 0 Å².